The Morgan fingerprint density at radius 1 is 1.22 bits per heavy atom. The highest BCUT2D eigenvalue weighted by Gasteiger charge is 2.30. The van der Waals surface area contributed by atoms with Crippen molar-refractivity contribution in [3.63, 3.8) is 0 Å². The molecule has 0 radical (unpaired) electrons. The van der Waals surface area contributed by atoms with Gasteiger partial charge in [0.05, 0.1) is 5.75 Å². The van der Waals surface area contributed by atoms with E-state index in [1.807, 2.05) is 20.8 Å². The zero-order valence-corrected chi connectivity index (χ0v) is 12.7. The van der Waals surface area contributed by atoms with Crippen molar-refractivity contribution in [2.75, 3.05) is 18.8 Å². The van der Waals surface area contributed by atoms with Gasteiger partial charge >= 0.3 is 0 Å². The largest absolute Gasteiger partial charge is 0.300 e. The molecule has 106 valence electrons. The smallest absolute Gasteiger partial charge is 0.214 e. The monoisotopic (exact) mass is 275 g/mol. The van der Waals surface area contributed by atoms with Crippen LogP contribution in [-0.4, -0.2) is 37.3 Å². The van der Waals surface area contributed by atoms with Crippen molar-refractivity contribution in [3.05, 3.63) is 0 Å². The summed E-state index contributed by atoms with van der Waals surface area (Å²) in [5.41, 5.74) is 0.0325. The van der Waals surface area contributed by atoms with Crippen LogP contribution in [0.3, 0.4) is 0 Å². The van der Waals surface area contributed by atoms with Crippen LogP contribution in [0.25, 0.3) is 0 Å². The van der Waals surface area contributed by atoms with Crippen molar-refractivity contribution < 1.29 is 13.2 Å². The number of hydrogen-bond donors (Lipinski definition) is 0. The van der Waals surface area contributed by atoms with Crippen LogP contribution in [0.1, 0.15) is 47.0 Å². The van der Waals surface area contributed by atoms with Gasteiger partial charge in [-0.15, -0.1) is 0 Å². The van der Waals surface area contributed by atoms with Crippen LogP contribution in [0.2, 0.25) is 0 Å². The molecule has 0 atom stereocenters. The Kier molecular flexibility index (Phi) is 4.95. The lowest BCUT2D eigenvalue weighted by atomic mass is 9.94. The first-order chi connectivity index (χ1) is 8.12. The van der Waals surface area contributed by atoms with Crippen LogP contribution in [-0.2, 0) is 14.8 Å². The Balaban J connectivity index is 2.53. The molecule has 4 nitrogen and oxygen atoms in total. The Morgan fingerprint density at radius 3 is 2.11 bits per heavy atom. The van der Waals surface area contributed by atoms with Crippen molar-refractivity contribution in [1.82, 2.24) is 4.31 Å². The highest BCUT2D eigenvalue weighted by Crippen LogP contribution is 2.24. The van der Waals surface area contributed by atoms with Gasteiger partial charge in [0, 0.05) is 19.0 Å². The zero-order valence-electron chi connectivity index (χ0n) is 11.9. The van der Waals surface area contributed by atoms with Crippen LogP contribution >= 0.6 is 0 Å². The topological polar surface area (TPSA) is 54.5 Å². The maximum Gasteiger partial charge on any atom is 0.214 e. The van der Waals surface area contributed by atoms with Crippen LogP contribution in [0, 0.1) is 11.3 Å². The molecule has 1 aliphatic rings. The Hall–Kier alpha value is -0.420. The molecule has 1 aliphatic heterocycles. The summed E-state index contributed by atoms with van der Waals surface area (Å²) in [7, 11) is -3.14. The predicted octanol–water partition coefficient (Wildman–Crippen LogP) is 2.05. The minimum absolute atomic E-state index is 0.0325. The summed E-state index contributed by atoms with van der Waals surface area (Å²) in [6.45, 7) is 8.72. The number of Topliss-reactive ketones (excluding diaryl/α,β-unsaturated/α-hetero) is 1. The predicted molar refractivity (Wildman–Crippen MR) is 72.8 cm³/mol. The van der Waals surface area contributed by atoms with Crippen LogP contribution in [0.5, 0.6) is 0 Å². The van der Waals surface area contributed by atoms with Gasteiger partial charge in [0.2, 0.25) is 10.0 Å². The van der Waals surface area contributed by atoms with Gasteiger partial charge in [-0.3, -0.25) is 4.79 Å². The van der Waals surface area contributed by atoms with Gasteiger partial charge in [-0.1, -0.05) is 20.8 Å². The molecular formula is C13H25NO3S. The molecule has 0 bridgehead atoms. The number of carbonyl (C=O) groups excluding carboxylic acids is 1. The normalized spacial score (nSPS) is 20.0. The van der Waals surface area contributed by atoms with Gasteiger partial charge in [0.25, 0.3) is 0 Å². The summed E-state index contributed by atoms with van der Waals surface area (Å²) in [6.07, 6.45) is 2.01. The first-order valence-electron chi connectivity index (χ1n) is 6.60. The molecule has 0 saturated carbocycles. The molecule has 0 unspecified atom stereocenters. The summed E-state index contributed by atoms with van der Waals surface area (Å²) in [6, 6.07) is 0. The van der Waals surface area contributed by atoms with E-state index in [1.165, 1.54) is 0 Å². The van der Waals surface area contributed by atoms with E-state index < -0.39 is 10.0 Å². The number of sulfonamides is 1. The van der Waals surface area contributed by atoms with E-state index in [0.717, 1.165) is 0 Å². The van der Waals surface area contributed by atoms with E-state index in [4.69, 9.17) is 0 Å². The summed E-state index contributed by atoms with van der Waals surface area (Å²) in [5.74, 6) is 0.446. The lowest BCUT2D eigenvalue weighted by Gasteiger charge is -2.31. The first kappa shape index (κ1) is 15.6. The molecule has 0 amide bonds. The third kappa shape index (κ3) is 4.69. The van der Waals surface area contributed by atoms with Gasteiger partial charge in [-0.05, 0) is 31.6 Å². The van der Waals surface area contributed by atoms with Gasteiger partial charge in [0.1, 0.15) is 5.78 Å². The first-order valence-corrected chi connectivity index (χ1v) is 8.21. The number of rotatable bonds is 4. The molecule has 0 aromatic heterocycles. The van der Waals surface area contributed by atoms with E-state index in [-0.39, 0.29) is 22.9 Å². The average Bonchev–Trinajstić information content (AvgIpc) is 2.26. The molecule has 0 aromatic rings. The molecule has 1 heterocycles. The van der Waals surface area contributed by atoms with Gasteiger partial charge in [-0.2, -0.15) is 0 Å². The summed E-state index contributed by atoms with van der Waals surface area (Å²) in [5, 5.41) is 0. The minimum atomic E-state index is -3.14. The van der Waals surface area contributed by atoms with E-state index in [2.05, 4.69) is 0 Å². The highest BCUT2D eigenvalue weighted by atomic mass is 32.2. The van der Waals surface area contributed by atoms with Crippen molar-refractivity contribution >= 4 is 15.8 Å². The van der Waals surface area contributed by atoms with E-state index >= 15 is 0 Å². The van der Waals surface area contributed by atoms with Crippen molar-refractivity contribution in [2.45, 2.75) is 47.0 Å². The third-order valence-electron chi connectivity index (χ3n) is 3.53. The maximum absolute atomic E-state index is 12.1. The fourth-order valence-corrected chi connectivity index (χ4v) is 4.00. The van der Waals surface area contributed by atoms with Crippen molar-refractivity contribution in [1.29, 1.82) is 0 Å². The molecule has 0 N–H and O–H groups in total. The lowest BCUT2D eigenvalue weighted by molar-refractivity contribution is -0.121. The standard InChI is InChI=1S/C13H25NO3S/c1-11(15)12-5-8-14(9-6-12)18(16,17)10-7-13(2,3)4/h12H,5-10H2,1-4H3. The van der Waals surface area contributed by atoms with Crippen molar-refractivity contribution in [3.8, 4) is 0 Å². The molecule has 0 aromatic carbocycles. The second-order valence-electron chi connectivity index (χ2n) is 6.41. The van der Waals surface area contributed by atoms with Crippen LogP contribution in [0.15, 0.2) is 0 Å². The summed E-state index contributed by atoms with van der Waals surface area (Å²) >= 11 is 0. The molecule has 18 heavy (non-hydrogen) atoms. The fourth-order valence-electron chi connectivity index (χ4n) is 2.10. The molecule has 0 aliphatic carbocycles. The molecule has 1 saturated heterocycles. The Labute approximate surface area is 111 Å². The average molecular weight is 275 g/mol. The highest BCUT2D eigenvalue weighted by molar-refractivity contribution is 7.89. The fraction of sp³-hybridized carbons (Fsp3) is 0.923. The molecule has 1 rings (SSSR count). The number of carbonyl (C=O) groups is 1. The third-order valence-corrected chi connectivity index (χ3v) is 5.40. The van der Waals surface area contributed by atoms with E-state index in [9.17, 15) is 13.2 Å². The maximum atomic E-state index is 12.1. The number of nitrogens with zero attached hydrogens (tertiary/aromatic N) is 1. The molecule has 0 spiro atoms. The second kappa shape index (κ2) is 5.70. The summed E-state index contributed by atoms with van der Waals surface area (Å²) < 4.78 is 25.9. The lowest BCUT2D eigenvalue weighted by Crippen LogP contribution is -2.41. The van der Waals surface area contributed by atoms with Gasteiger partial charge in [-0.25, -0.2) is 12.7 Å². The van der Waals surface area contributed by atoms with Crippen molar-refractivity contribution in [2.24, 2.45) is 11.3 Å². The zero-order chi connectivity index (χ0) is 14.0. The second-order valence-corrected chi connectivity index (χ2v) is 8.50. The number of piperidine rings is 1. The SMILES string of the molecule is CC(=O)C1CCN(S(=O)(=O)CCC(C)(C)C)CC1. The van der Waals surface area contributed by atoms with E-state index in [0.29, 0.717) is 32.4 Å². The summed E-state index contributed by atoms with van der Waals surface area (Å²) in [4.78, 5) is 11.2. The van der Waals surface area contributed by atoms with E-state index in [1.54, 1.807) is 11.2 Å². The van der Waals surface area contributed by atoms with Gasteiger partial charge in [0.15, 0.2) is 0 Å². The number of hydrogen-bond acceptors (Lipinski definition) is 3. The Bertz CT molecular complexity index is 387. The molecule has 1 fully saturated rings. The van der Waals surface area contributed by atoms with Crippen LogP contribution < -0.4 is 0 Å². The number of ketones is 1. The van der Waals surface area contributed by atoms with Crippen LogP contribution in [0.4, 0.5) is 0 Å². The minimum Gasteiger partial charge on any atom is -0.300 e. The molecular weight excluding hydrogens is 250 g/mol. The molecule has 5 heteroatoms. The Morgan fingerprint density at radius 2 is 1.72 bits per heavy atom. The van der Waals surface area contributed by atoms with Gasteiger partial charge < -0.3 is 0 Å². The quantitative estimate of drug-likeness (QED) is 0.789.